The molecule has 2 aromatic rings. The molecule has 1 fully saturated rings. The molecule has 1 saturated heterocycles. The Kier molecular flexibility index (Phi) is 3.62. The summed E-state index contributed by atoms with van der Waals surface area (Å²) in [7, 11) is 0. The molecule has 1 aromatic carbocycles. The molecule has 6 heteroatoms. The van der Waals surface area contributed by atoms with Gasteiger partial charge in [0.25, 0.3) is 0 Å². The molecule has 0 bridgehead atoms. The first-order valence-corrected chi connectivity index (χ1v) is 7.03. The van der Waals surface area contributed by atoms with Gasteiger partial charge in [-0.15, -0.1) is 0 Å². The molecule has 1 aliphatic heterocycles. The Morgan fingerprint density at radius 2 is 2.24 bits per heavy atom. The Balaban J connectivity index is 2.03. The minimum absolute atomic E-state index is 0.191. The van der Waals surface area contributed by atoms with Crippen molar-refractivity contribution in [1.29, 1.82) is 0 Å². The van der Waals surface area contributed by atoms with Crippen molar-refractivity contribution < 1.29 is 9.90 Å². The third-order valence-electron chi connectivity index (χ3n) is 3.94. The van der Waals surface area contributed by atoms with Crippen LogP contribution >= 0.6 is 0 Å². The smallest absolute Gasteiger partial charge is 0.407 e. The van der Waals surface area contributed by atoms with Crippen molar-refractivity contribution in [2.24, 2.45) is 5.73 Å². The third kappa shape index (κ3) is 2.38. The van der Waals surface area contributed by atoms with E-state index >= 15 is 0 Å². The number of amides is 1. The second-order valence-electron chi connectivity index (χ2n) is 5.12. The van der Waals surface area contributed by atoms with Gasteiger partial charge in [-0.2, -0.15) is 0 Å². The molecule has 0 aliphatic carbocycles. The monoisotopic (exact) mass is 286 g/mol. The molecule has 3 rings (SSSR count). The summed E-state index contributed by atoms with van der Waals surface area (Å²) in [5, 5.41) is 9.31. The van der Waals surface area contributed by atoms with Crippen molar-refractivity contribution in [3.8, 4) is 5.69 Å². The van der Waals surface area contributed by atoms with Gasteiger partial charge in [-0.1, -0.05) is 18.2 Å². The molecule has 0 spiro atoms. The van der Waals surface area contributed by atoms with Crippen molar-refractivity contribution in [2.45, 2.75) is 25.4 Å². The van der Waals surface area contributed by atoms with E-state index in [4.69, 9.17) is 5.73 Å². The highest BCUT2D eigenvalue weighted by Gasteiger charge is 2.33. The van der Waals surface area contributed by atoms with E-state index in [0.29, 0.717) is 13.1 Å². The van der Waals surface area contributed by atoms with Gasteiger partial charge in [-0.05, 0) is 24.5 Å². The van der Waals surface area contributed by atoms with Gasteiger partial charge in [0.2, 0.25) is 0 Å². The molecule has 1 atom stereocenters. The largest absolute Gasteiger partial charge is 0.465 e. The van der Waals surface area contributed by atoms with E-state index in [1.807, 2.05) is 35.0 Å². The van der Waals surface area contributed by atoms with Gasteiger partial charge in [0.15, 0.2) is 0 Å². The average Bonchev–Trinajstić information content (AvgIpc) is 3.15. The zero-order valence-corrected chi connectivity index (χ0v) is 11.6. The molecule has 0 radical (unpaired) electrons. The van der Waals surface area contributed by atoms with Gasteiger partial charge in [-0.25, -0.2) is 9.78 Å². The van der Waals surface area contributed by atoms with Crippen molar-refractivity contribution in [1.82, 2.24) is 14.5 Å². The standard InChI is InChI=1S/C15H18N4O2/c16-10-11-4-1-2-5-12(11)18-9-7-17-14(18)13-6-3-8-19(13)15(20)21/h1-2,4-5,7,9,13H,3,6,8,10,16H2,(H,20,21)/t13-/m0/s1. The Bertz CT molecular complexity index is 653. The van der Waals surface area contributed by atoms with Gasteiger partial charge in [0, 0.05) is 25.5 Å². The Morgan fingerprint density at radius 1 is 1.43 bits per heavy atom. The topological polar surface area (TPSA) is 84.4 Å². The summed E-state index contributed by atoms with van der Waals surface area (Å²) in [6, 6.07) is 7.66. The minimum atomic E-state index is -0.890. The molecule has 1 aliphatic rings. The molecule has 0 saturated carbocycles. The summed E-state index contributed by atoms with van der Waals surface area (Å²) in [5.41, 5.74) is 7.77. The van der Waals surface area contributed by atoms with Crippen molar-refractivity contribution in [3.63, 3.8) is 0 Å². The lowest BCUT2D eigenvalue weighted by molar-refractivity contribution is 0.138. The van der Waals surface area contributed by atoms with E-state index in [9.17, 15) is 9.90 Å². The average molecular weight is 286 g/mol. The maximum absolute atomic E-state index is 11.3. The van der Waals surface area contributed by atoms with Crippen molar-refractivity contribution >= 4 is 6.09 Å². The summed E-state index contributed by atoms with van der Waals surface area (Å²) in [4.78, 5) is 17.2. The van der Waals surface area contributed by atoms with E-state index in [0.717, 1.165) is 29.9 Å². The van der Waals surface area contributed by atoms with Crippen LogP contribution in [0.15, 0.2) is 36.7 Å². The van der Waals surface area contributed by atoms with Crippen LogP contribution in [0.3, 0.4) is 0 Å². The lowest BCUT2D eigenvalue weighted by Crippen LogP contribution is -2.30. The number of carboxylic acid groups (broad SMARTS) is 1. The summed E-state index contributed by atoms with van der Waals surface area (Å²) < 4.78 is 1.95. The number of para-hydroxylation sites is 1. The predicted molar refractivity (Wildman–Crippen MR) is 78.2 cm³/mol. The number of hydrogen-bond donors (Lipinski definition) is 2. The molecular formula is C15H18N4O2. The second kappa shape index (κ2) is 5.57. The summed E-state index contributed by atoms with van der Waals surface area (Å²) in [6.45, 7) is 0.993. The van der Waals surface area contributed by atoms with Crippen molar-refractivity contribution in [2.75, 3.05) is 6.54 Å². The Morgan fingerprint density at radius 3 is 3.00 bits per heavy atom. The fourth-order valence-corrected chi connectivity index (χ4v) is 2.95. The van der Waals surface area contributed by atoms with Crippen LogP contribution in [-0.2, 0) is 6.54 Å². The molecule has 6 nitrogen and oxygen atoms in total. The maximum atomic E-state index is 11.3. The van der Waals surface area contributed by atoms with Gasteiger partial charge in [-0.3, -0.25) is 4.90 Å². The van der Waals surface area contributed by atoms with Crippen molar-refractivity contribution in [3.05, 3.63) is 48.0 Å². The van der Waals surface area contributed by atoms with Gasteiger partial charge in [0.1, 0.15) is 5.82 Å². The zero-order chi connectivity index (χ0) is 14.8. The molecule has 21 heavy (non-hydrogen) atoms. The number of likely N-dealkylation sites (tertiary alicyclic amines) is 1. The van der Waals surface area contributed by atoms with E-state index in [1.54, 1.807) is 6.20 Å². The number of aromatic nitrogens is 2. The first-order chi connectivity index (χ1) is 10.2. The number of nitrogens with zero attached hydrogens (tertiary/aromatic N) is 3. The third-order valence-corrected chi connectivity index (χ3v) is 3.94. The maximum Gasteiger partial charge on any atom is 0.407 e. The molecule has 1 amide bonds. The molecule has 2 heterocycles. The number of imidazole rings is 1. The second-order valence-corrected chi connectivity index (χ2v) is 5.12. The highest BCUT2D eigenvalue weighted by atomic mass is 16.4. The fourth-order valence-electron chi connectivity index (χ4n) is 2.95. The van der Waals surface area contributed by atoms with Crippen LogP contribution in [-0.4, -0.2) is 32.2 Å². The van der Waals surface area contributed by atoms with Gasteiger partial charge in [0.05, 0.1) is 11.7 Å². The Labute approximate surface area is 122 Å². The van der Waals surface area contributed by atoms with Crippen LogP contribution in [0, 0.1) is 0 Å². The van der Waals surface area contributed by atoms with Crippen LogP contribution < -0.4 is 5.73 Å². The van der Waals surface area contributed by atoms with Crippen LogP contribution in [0.1, 0.15) is 30.3 Å². The highest BCUT2D eigenvalue weighted by Crippen LogP contribution is 2.32. The predicted octanol–water partition coefficient (Wildman–Crippen LogP) is 2.15. The lowest BCUT2D eigenvalue weighted by Gasteiger charge is -2.22. The number of benzene rings is 1. The van der Waals surface area contributed by atoms with Crippen LogP contribution in [0.4, 0.5) is 4.79 Å². The highest BCUT2D eigenvalue weighted by molar-refractivity contribution is 5.66. The van der Waals surface area contributed by atoms with E-state index < -0.39 is 6.09 Å². The summed E-state index contributed by atoms with van der Waals surface area (Å²) in [6.07, 6.45) is 4.35. The minimum Gasteiger partial charge on any atom is -0.465 e. The van der Waals surface area contributed by atoms with Crippen LogP contribution in [0.5, 0.6) is 0 Å². The number of hydrogen-bond acceptors (Lipinski definition) is 3. The molecule has 0 unspecified atom stereocenters. The van der Waals surface area contributed by atoms with Gasteiger partial charge >= 0.3 is 6.09 Å². The normalized spacial score (nSPS) is 18.1. The summed E-state index contributed by atoms with van der Waals surface area (Å²) >= 11 is 0. The molecular weight excluding hydrogens is 268 g/mol. The van der Waals surface area contributed by atoms with Crippen LogP contribution in [0.25, 0.3) is 5.69 Å². The summed E-state index contributed by atoms with van der Waals surface area (Å²) in [5.74, 6) is 0.760. The SMILES string of the molecule is NCc1ccccc1-n1ccnc1[C@@H]1CCCN1C(=O)O. The molecule has 110 valence electrons. The lowest BCUT2D eigenvalue weighted by atomic mass is 10.1. The first kappa shape index (κ1) is 13.6. The zero-order valence-electron chi connectivity index (χ0n) is 11.6. The molecule has 3 N–H and O–H groups in total. The molecule has 1 aromatic heterocycles. The van der Waals surface area contributed by atoms with E-state index in [1.165, 1.54) is 4.90 Å². The number of carbonyl (C=O) groups is 1. The van der Waals surface area contributed by atoms with E-state index in [2.05, 4.69) is 4.98 Å². The van der Waals surface area contributed by atoms with E-state index in [-0.39, 0.29) is 6.04 Å². The van der Waals surface area contributed by atoms with Gasteiger partial charge < -0.3 is 15.4 Å². The number of nitrogens with two attached hydrogens (primary N) is 1. The first-order valence-electron chi connectivity index (χ1n) is 7.03. The fraction of sp³-hybridized carbons (Fsp3) is 0.333. The quantitative estimate of drug-likeness (QED) is 0.905. The number of rotatable bonds is 3. The van der Waals surface area contributed by atoms with Crippen LogP contribution in [0.2, 0.25) is 0 Å². The Hall–Kier alpha value is -2.34.